The summed E-state index contributed by atoms with van der Waals surface area (Å²) in [5, 5.41) is 0. The molecule has 4 rings (SSSR count). The number of carbonyl (C=O) groups excluding carboxylic acids is 3. The normalized spacial score (nSPS) is 18.6. The van der Waals surface area contributed by atoms with Crippen molar-refractivity contribution in [3.05, 3.63) is 60.2 Å². The number of benzene rings is 2. The summed E-state index contributed by atoms with van der Waals surface area (Å²) in [4.78, 5) is 45.7. The fourth-order valence-electron chi connectivity index (χ4n) is 4.85. The van der Waals surface area contributed by atoms with E-state index in [1.807, 2.05) is 35.2 Å². The molecule has 11 heteroatoms. The average molecular weight is 547 g/mol. The van der Waals surface area contributed by atoms with Crippen LogP contribution in [0.15, 0.2) is 54.6 Å². The van der Waals surface area contributed by atoms with Gasteiger partial charge in [-0.2, -0.15) is 13.2 Å². The first kappa shape index (κ1) is 28.4. The summed E-state index contributed by atoms with van der Waals surface area (Å²) >= 11 is 0. The maximum atomic E-state index is 13.2. The minimum Gasteiger partial charge on any atom is -0.482 e. The lowest BCUT2D eigenvalue weighted by molar-refractivity contribution is -0.157. The lowest BCUT2D eigenvalue weighted by Gasteiger charge is -2.41. The highest BCUT2D eigenvalue weighted by Gasteiger charge is 2.51. The molecule has 2 saturated heterocycles. The molecule has 39 heavy (non-hydrogen) atoms. The first-order chi connectivity index (χ1) is 18.5. The van der Waals surface area contributed by atoms with Crippen molar-refractivity contribution >= 4 is 23.5 Å². The number of urea groups is 1. The number of hydrogen-bond donors (Lipinski definition) is 0. The van der Waals surface area contributed by atoms with Crippen LogP contribution in [-0.2, 0) is 16.1 Å². The second kappa shape index (κ2) is 11.6. The highest BCUT2D eigenvalue weighted by molar-refractivity contribution is 6.18. The molecule has 0 aliphatic carbocycles. The molecular weight excluding hydrogens is 513 g/mol. The molecule has 0 N–H and O–H groups in total. The zero-order chi connectivity index (χ0) is 28.2. The summed E-state index contributed by atoms with van der Waals surface area (Å²) in [6.07, 6.45) is -3.88. The van der Waals surface area contributed by atoms with E-state index in [-0.39, 0.29) is 18.8 Å². The first-order valence-electron chi connectivity index (χ1n) is 12.9. The molecule has 210 valence electrons. The molecule has 2 heterocycles. The van der Waals surface area contributed by atoms with Crippen molar-refractivity contribution < 1.29 is 32.3 Å². The van der Waals surface area contributed by atoms with Crippen molar-refractivity contribution in [3.63, 3.8) is 0 Å². The van der Waals surface area contributed by atoms with Gasteiger partial charge in [0.15, 0.2) is 6.61 Å². The molecule has 0 atom stereocenters. The van der Waals surface area contributed by atoms with E-state index in [2.05, 4.69) is 4.90 Å². The van der Waals surface area contributed by atoms with E-state index in [1.165, 1.54) is 11.0 Å². The van der Waals surface area contributed by atoms with E-state index in [1.54, 1.807) is 32.0 Å². The standard InChI is InChI=1S/C28H33F3N4O4/c1-27(2)24(36)34(26(38)35(25(27)37)19-21-9-4-3-5-10-21)14-8-13-32-15-17-33(18-16-32)22-11-6-7-12-23(22)39-20-28(29,30)31/h3-7,9-12H,8,13-20H2,1-2H3. The summed E-state index contributed by atoms with van der Waals surface area (Å²) < 4.78 is 42.9. The quantitative estimate of drug-likeness (QED) is 0.440. The van der Waals surface area contributed by atoms with Crippen molar-refractivity contribution in [1.29, 1.82) is 0 Å². The van der Waals surface area contributed by atoms with Crippen molar-refractivity contribution in [2.75, 3.05) is 50.8 Å². The number of hydrogen-bond acceptors (Lipinski definition) is 6. The van der Waals surface area contributed by atoms with Crippen LogP contribution in [0.4, 0.5) is 23.7 Å². The number of barbiturate groups is 1. The maximum absolute atomic E-state index is 13.2. The Labute approximate surface area is 225 Å². The molecule has 0 aromatic heterocycles. The van der Waals surface area contributed by atoms with Gasteiger partial charge < -0.3 is 9.64 Å². The number of imide groups is 2. The van der Waals surface area contributed by atoms with Gasteiger partial charge in [0, 0.05) is 32.7 Å². The molecular formula is C28H33F3N4O4. The van der Waals surface area contributed by atoms with Crippen molar-refractivity contribution in [1.82, 2.24) is 14.7 Å². The molecule has 4 amide bonds. The number of carbonyl (C=O) groups is 3. The zero-order valence-corrected chi connectivity index (χ0v) is 22.1. The topological polar surface area (TPSA) is 73.4 Å². The molecule has 0 bridgehead atoms. The second-order valence-corrected chi connectivity index (χ2v) is 10.3. The fraction of sp³-hybridized carbons (Fsp3) is 0.464. The first-order valence-corrected chi connectivity index (χ1v) is 12.9. The molecule has 2 fully saturated rings. The van der Waals surface area contributed by atoms with Gasteiger partial charge in [0.05, 0.1) is 12.2 Å². The average Bonchev–Trinajstić information content (AvgIpc) is 2.92. The van der Waals surface area contributed by atoms with Gasteiger partial charge in [-0.3, -0.25) is 24.3 Å². The SMILES string of the molecule is CC1(C)C(=O)N(CCCN2CCN(c3ccccc3OCC(F)(F)F)CC2)C(=O)N(Cc2ccccc2)C1=O. The monoisotopic (exact) mass is 546 g/mol. The predicted molar refractivity (Wildman–Crippen MR) is 139 cm³/mol. The number of rotatable bonds is 9. The van der Waals surface area contributed by atoms with Crippen molar-refractivity contribution in [2.24, 2.45) is 5.41 Å². The third-order valence-corrected chi connectivity index (χ3v) is 7.03. The van der Waals surface area contributed by atoms with Crippen LogP contribution < -0.4 is 9.64 Å². The summed E-state index contributed by atoms with van der Waals surface area (Å²) in [6.45, 7) is 5.19. The van der Waals surface area contributed by atoms with Crippen LogP contribution in [0.3, 0.4) is 0 Å². The van der Waals surface area contributed by atoms with Crippen LogP contribution >= 0.6 is 0 Å². The van der Waals surface area contributed by atoms with Gasteiger partial charge in [-0.1, -0.05) is 42.5 Å². The molecule has 0 unspecified atom stereocenters. The number of piperazine rings is 1. The van der Waals surface area contributed by atoms with Gasteiger partial charge in [-0.05, 0) is 44.5 Å². The highest BCUT2D eigenvalue weighted by Crippen LogP contribution is 2.31. The minimum absolute atomic E-state index is 0.0990. The largest absolute Gasteiger partial charge is 0.482 e. The van der Waals surface area contributed by atoms with Crippen molar-refractivity contribution in [2.45, 2.75) is 33.0 Å². The lowest BCUT2D eigenvalue weighted by Crippen LogP contribution is -2.63. The van der Waals surface area contributed by atoms with Crippen LogP contribution in [0.25, 0.3) is 0 Å². The number of para-hydroxylation sites is 2. The number of halogens is 3. The third-order valence-electron chi connectivity index (χ3n) is 7.03. The Bertz CT molecular complexity index is 1180. The Morgan fingerprint density at radius 1 is 0.821 bits per heavy atom. The van der Waals surface area contributed by atoms with Gasteiger partial charge in [-0.15, -0.1) is 0 Å². The second-order valence-electron chi connectivity index (χ2n) is 10.3. The highest BCUT2D eigenvalue weighted by atomic mass is 19.4. The Morgan fingerprint density at radius 2 is 1.44 bits per heavy atom. The van der Waals surface area contributed by atoms with Crippen LogP contribution in [0.1, 0.15) is 25.8 Å². The Kier molecular flexibility index (Phi) is 8.48. The minimum atomic E-state index is -4.41. The van der Waals surface area contributed by atoms with Gasteiger partial charge >= 0.3 is 12.2 Å². The predicted octanol–water partition coefficient (Wildman–Crippen LogP) is 4.16. The van der Waals surface area contributed by atoms with Crippen LogP contribution in [0, 0.1) is 5.41 Å². The molecule has 0 spiro atoms. The zero-order valence-electron chi connectivity index (χ0n) is 22.1. The van der Waals surface area contributed by atoms with E-state index < -0.39 is 36.0 Å². The molecule has 2 aliphatic rings. The molecule has 2 aromatic rings. The van der Waals surface area contributed by atoms with Gasteiger partial charge in [-0.25, -0.2) is 4.79 Å². The smallest absolute Gasteiger partial charge is 0.422 e. The molecule has 2 aliphatic heterocycles. The summed E-state index contributed by atoms with van der Waals surface area (Å²) in [5.74, 6) is -0.807. The Hall–Kier alpha value is -3.60. The van der Waals surface area contributed by atoms with E-state index in [4.69, 9.17) is 4.74 Å². The van der Waals surface area contributed by atoms with Gasteiger partial charge in [0.2, 0.25) is 11.8 Å². The maximum Gasteiger partial charge on any atom is 0.422 e. The summed E-state index contributed by atoms with van der Waals surface area (Å²) in [5.41, 5.74) is 0.0828. The van der Waals surface area contributed by atoms with Gasteiger partial charge in [0.25, 0.3) is 0 Å². The van der Waals surface area contributed by atoms with Crippen LogP contribution in [0.2, 0.25) is 0 Å². The Morgan fingerprint density at radius 3 is 2.10 bits per heavy atom. The number of nitrogens with zero attached hydrogens (tertiary/aromatic N) is 4. The summed E-state index contributed by atoms with van der Waals surface area (Å²) in [7, 11) is 0. The van der Waals surface area contributed by atoms with Crippen LogP contribution in [-0.4, -0.2) is 84.6 Å². The van der Waals surface area contributed by atoms with E-state index >= 15 is 0 Å². The molecule has 2 aromatic carbocycles. The fourth-order valence-corrected chi connectivity index (χ4v) is 4.85. The van der Waals surface area contributed by atoms with E-state index in [0.29, 0.717) is 44.8 Å². The van der Waals surface area contributed by atoms with Crippen LogP contribution in [0.5, 0.6) is 5.75 Å². The van der Waals surface area contributed by atoms with Gasteiger partial charge in [0.1, 0.15) is 11.2 Å². The van der Waals surface area contributed by atoms with E-state index in [0.717, 1.165) is 10.5 Å². The number of ether oxygens (including phenoxy) is 1. The number of alkyl halides is 3. The molecule has 0 radical (unpaired) electrons. The summed E-state index contributed by atoms with van der Waals surface area (Å²) in [6, 6.07) is 15.3. The lowest BCUT2D eigenvalue weighted by atomic mass is 9.87. The molecule has 0 saturated carbocycles. The number of amides is 4. The number of anilines is 1. The van der Waals surface area contributed by atoms with Crippen molar-refractivity contribution in [3.8, 4) is 5.75 Å². The Balaban J connectivity index is 1.31. The third kappa shape index (κ3) is 6.70. The molecule has 8 nitrogen and oxygen atoms in total. The van der Waals surface area contributed by atoms with E-state index in [9.17, 15) is 27.6 Å².